The van der Waals surface area contributed by atoms with E-state index in [9.17, 15) is 5.11 Å². The highest BCUT2D eigenvalue weighted by Gasteiger charge is 2.11. The van der Waals surface area contributed by atoms with E-state index in [0.29, 0.717) is 0 Å². The van der Waals surface area contributed by atoms with Crippen LogP contribution in [0.3, 0.4) is 0 Å². The van der Waals surface area contributed by atoms with Gasteiger partial charge in [-0.15, -0.1) is 0 Å². The molecule has 11 heavy (non-hydrogen) atoms. The zero-order chi connectivity index (χ0) is 8.10. The van der Waals surface area contributed by atoms with Gasteiger partial charge in [0.15, 0.2) is 0 Å². The number of allylic oxidation sites excluding steroid dienone is 2. The van der Waals surface area contributed by atoms with Crippen LogP contribution in [0.25, 0.3) is 0 Å². The van der Waals surface area contributed by atoms with Gasteiger partial charge in [-0.1, -0.05) is 19.4 Å². The molecule has 0 saturated heterocycles. The third-order valence-corrected chi connectivity index (χ3v) is 1.73. The van der Waals surface area contributed by atoms with Crippen molar-refractivity contribution in [3.8, 4) is 0 Å². The molecule has 62 valence electrons. The molecule has 2 nitrogen and oxygen atoms in total. The van der Waals surface area contributed by atoms with Gasteiger partial charge in [-0.25, -0.2) is 0 Å². The molecule has 1 heterocycles. The molecule has 1 N–H and O–H groups in total. The van der Waals surface area contributed by atoms with E-state index in [4.69, 9.17) is 4.74 Å². The summed E-state index contributed by atoms with van der Waals surface area (Å²) in [6, 6.07) is 0. The molecule has 1 aliphatic heterocycles. The monoisotopic (exact) mass is 154 g/mol. The van der Waals surface area contributed by atoms with Crippen LogP contribution >= 0.6 is 0 Å². The van der Waals surface area contributed by atoms with E-state index in [-0.39, 0.29) is 0 Å². The van der Waals surface area contributed by atoms with Gasteiger partial charge in [0.25, 0.3) is 0 Å². The summed E-state index contributed by atoms with van der Waals surface area (Å²) in [5.74, 6) is 0. The average molecular weight is 154 g/mol. The third kappa shape index (κ3) is 2.39. The Hall–Kier alpha value is -0.760. The molecule has 0 bridgehead atoms. The maximum absolute atomic E-state index is 9.25. The van der Waals surface area contributed by atoms with Crippen LogP contribution < -0.4 is 0 Å². The lowest BCUT2D eigenvalue weighted by atomic mass is 10.1. The van der Waals surface area contributed by atoms with Crippen LogP contribution in [0, 0.1) is 0 Å². The van der Waals surface area contributed by atoms with Crippen molar-refractivity contribution in [3.05, 3.63) is 24.0 Å². The van der Waals surface area contributed by atoms with Gasteiger partial charge >= 0.3 is 0 Å². The number of aliphatic hydroxyl groups excluding tert-OH is 1. The van der Waals surface area contributed by atoms with E-state index in [1.165, 1.54) is 6.26 Å². The minimum Gasteiger partial charge on any atom is -0.469 e. The normalized spacial score (nSPS) is 22.7. The fourth-order valence-electron chi connectivity index (χ4n) is 1.04. The van der Waals surface area contributed by atoms with Crippen molar-refractivity contribution in [3.63, 3.8) is 0 Å². The molecular weight excluding hydrogens is 140 g/mol. The summed E-state index contributed by atoms with van der Waals surface area (Å²) in [6.07, 6.45) is 7.74. The lowest BCUT2D eigenvalue weighted by Crippen LogP contribution is -2.14. The van der Waals surface area contributed by atoms with Crippen molar-refractivity contribution in [2.24, 2.45) is 0 Å². The van der Waals surface area contributed by atoms with Gasteiger partial charge in [-0.05, 0) is 24.5 Å². The SMILES string of the molecule is CCCCC1=CC=COC1O. The summed E-state index contributed by atoms with van der Waals surface area (Å²) >= 11 is 0. The van der Waals surface area contributed by atoms with E-state index < -0.39 is 6.29 Å². The van der Waals surface area contributed by atoms with Gasteiger partial charge in [-0.2, -0.15) is 0 Å². The molecule has 0 radical (unpaired) electrons. The summed E-state index contributed by atoms with van der Waals surface area (Å²) in [5.41, 5.74) is 0.981. The number of rotatable bonds is 3. The Labute approximate surface area is 67.2 Å². The number of hydrogen-bond donors (Lipinski definition) is 1. The zero-order valence-corrected chi connectivity index (χ0v) is 6.79. The van der Waals surface area contributed by atoms with E-state index in [1.54, 1.807) is 0 Å². The predicted octanol–water partition coefficient (Wildman–Crippen LogP) is 1.97. The summed E-state index contributed by atoms with van der Waals surface area (Å²) in [6.45, 7) is 2.13. The fourth-order valence-corrected chi connectivity index (χ4v) is 1.04. The number of unbranched alkanes of at least 4 members (excludes halogenated alkanes) is 1. The highest BCUT2D eigenvalue weighted by molar-refractivity contribution is 5.16. The first-order valence-electron chi connectivity index (χ1n) is 4.03. The molecule has 0 spiro atoms. The van der Waals surface area contributed by atoms with E-state index in [0.717, 1.165) is 24.8 Å². The molecule has 0 aromatic heterocycles. The van der Waals surface area contributed by atoms with Crippen molar-refractivity contribution in [1.82, 2.24) is 0 Å². The van der Waals surface area contributed by atoms with Crippen LogP contribution in [0.5, 0.6) is 0 Å². The summed E-state index contributed by atoms with van der Waals surface area (Å²) in [7, 11) is 0. The maximum atomic E-state index is 9.25. The molecule has 0 saturated carbocycles. The van der Waals surface area contributed by atoms with Gasteiger partial charge in [0, 0.05) is 0 Å². The van der Waals surface area contributed by atoms with Crippen LogP contribution in [-0.4, -0.2) is 11.4 Å². The van der Waals surface area contributed by atoms with Crippen molar-refractivity contribution < 1.29 is 9.84 Å². The molecule has 1 atom stereocenters. The Kier molecular flexibility index (Phi) is 3.17. The summed E-state index contributed by atoms with van der Waals surface area (Å²) in [4.78, 5) is 0. The topological polar surface area (TPSA) is 29.5 Å². The van der Waals surface area contributed by atoms with Crippen LogP contribution in [0.2, 0.25) is 0 Å². The molecule has 0 aliphatic carbocycles. The number of aliphatic hydroxyl groups is 1. The summed E-state index contributed by atoms with van der Waals surface area (Å²) in [5, 5.41) is 9.25. The average Bonchev–Trinajstić information content (AvgIpc) is 2.03. The maximum Gasteiger partial charge on any atom is 0.219 e. The van der Waals surface area contributed by atoms with Gasteiger partial charge in [0.1, 0.15) is 0 Å². The highest BCUT2D eigenvalue weighted by Crippen LogP contribution is 2.16. The summed E-state index contributed by atoms with van der Waals surface area (Å²) < 4.78 is 4.89. The Bertz CT molecular complexity index is 170. The second-order valence-corrected chi connectivity index (χ2v) is 2.66. The number of ether oxygens (including phenoxy) is 1. The first kappa shape index (κ1) is 8.34. The second-order valence-electron chi connectivity index (χ2n) is 2.66. The van der Waals surface area contributed by atoms with E-state index >= 15 is 0 Å². The first-order chi connectivity index (χ1) is 5.34. The Morgan fingerprint density at radius 3 is 3.09 bits per heavy atom. The quantitative estimate of drug-likeness (QED) is 0.673. The van der Waals surface area contributed by atoms with E-state index in [1.807, 2.05) is 12.2 Å². The number of hydrogen-bond acceptors (Lipinski definition) is 2. The van der Waals surface area contributed by atoms with Gasteiger partial charge in [0.2, 0.25) is 6.29 Å². The molecule has 1 aliphatic rings. The van der Waals surface area contributed by atoms with Crippen molar-refractivity contribution in [2.75, 3.05) is 0 Å². The minimum atomic E-state index is -0.702. The van der Waals surface area contributed by atoms with Crippen molar-refractivity contribution in [1.29, 1.82) is 0 Å². The smallest absolute Gasteiger partial charge is 0.219 e. The van der Waals surface area contributed by atoms with Crippen LogP contribution in [0.1, 0.15) is 26.2 Å². The molecule has 0 fully saturated rings. The lowest BCUT2D eigenvalue weighted by molar-refractivity contribution is -0.0255. The standard InChI is InChI=1S/C9H14O2/c1-2-3-5-8-6-4-7-11-9(8)10/h4,6-7,9-10H,2-3,5H2,1H3. The van der Waals surface area contributed by atoms with Crippen LogP contribution in [0.15, 0.2) is 24.0 Å². The fraction of sp³-hybridized carbons (Fsp3) is 0.556. The van der Waals surface area contributed by atoms with Crippen LogP contribution in [0.4, 0.5) is 0 Å². The lowest BCUT2D eigenvalue weighted by Gasteiger charge is -2.16. The second kappa shape index (κ2) is 4.19. The van der Waals surface area contributed by atoms with Crippen molar-refractivity contribution in [2.45, 2.75) is 32.5 Å². The molecule has 0 amide bonds. The molecule has 1 unspecified atom stereocenters. The Morgan fingerprint density at radius 1 is 1.64 bits per heavy atom. The predicted molar refractivity (Wildman–Crippen MR) is 43.8 cm³/mol. The minimum absolute atomic E-state index is 0.702. The van der Waals surface area contributed by atoms with Crippen molar-refractivity contribution >= 4 is 0 Å². The Balaban J connectivity index is 2.40. The third-order valence-electron chi connectivity index (χ3n) is 1.73. The largest absolute Gasteiger partial charge is 0.469 e. The highest BCUT2D eigenvalue weighted by atomic mass is 16.6. The van der Waals surface area contributed by atoms with Gasteiger partial charge in [0.05, 0.1) is 6.26 Å². The molecule has 2 heteroatoms. The van der Waals surface area contributed by atoms with Crippen LogP contribution in [-0.2, 0) is 4.74 Å². The molecule has 0 aromatic rings. The molecule has 0 aromatic carbocycles. The zero-order valence-electron chi connectivity index (χ0n) is 6.79. The first-order valence-corrected chi connectivity index (χ1v) is 4.03. The molecular formula is C9H14O2. The van der Waals surface area contributed by atoms with E-state index in [2.05, 4.69) is 6.92 Å². The van der Waals surface area contributed by atoms with Gasteiger partial charge in [-0.3, -0.25) is 0 Å². The Morgan fingerprint density at radius 2 is 2.45 bits per heavy atom. The van der Waals surface area contributed by atoms with Gasteiger partial charge < -0.3 is 9.84 Å². The molecule has 1 rings (SSSR count).